The molecule has 0 aromatic heterocycles. The Morgan fingerprint density at radius 2 is 1.88 bits per heavy atom. The summed E-state index contributed by atoms with van der Waals surface area (Å²) in [6.07, 6.45) is 4.44. The molecule has 0 amide bonds. The van der Waals surface area contributed by atoms with Crippen LogP contribution in [0.15, 0.2) is 65.3 Å². The molecule has 3 rings (SSSR count). The average Bonchev–Trinajstić information content (AvgIpc) is 2.98. The summed E-state index contributed by atoms with van der Waals surface area (Å²) in [5, 5.41) is 11.7. The van der Waals surface area contributed by atoms with Crippen molar-refractivity contribution >= 4 is 46.8 Å². The lowest BCUT2D eigenvalue weighted by Gasteiger charge is -2.01. The molecule has 8 heteroatoms. The highest BCUT2D eigenvalue weighted by atomic mass is 35.5. The van der Waals surface area contributed by atoms with Crippen molar-refractivity contribution in [3.8, 4) is 0 Å². The molecule has 1 heterocycles. The zero-order chi connectivity index (χ0) is 18.7. The monoisotopic (exact) mass is 388 g/mol. The first-order valence-electron chi connectivity index (χ1n) is 7.34. The van der Waals surface area contributed by atoms with E-state index >= 15 is 0 Å². The predicted octanol–water partition coefficient (Wildman–Crippen LogP) is 4.80. The largest absolute Gasteiger partial charge is 0.402 e. The summed E-state index contributed by atoms with van der Waals surface area (Å²) in [5.41, 5.74) is 0.963. The summed E-state index contributed by atoms with van der Waals surface area (Å²) >= 11 is 11.8. The van der Waals surface area contributed by atoms with Crippen molar-refractivity contribution in [1.29, 1.82) is 0 Å². The number of nitrogens with zero attached hydrogens (tertiary/aromatic N) is 2. The standard InChI is InChI=1S/C18H10Cl2N2O4/c19-13-9-8-12(10-14(13)20)17-21-15(18(23)26-17)6-3-5-11-4-1-2-7-16(11)22(24)25/h1-10H/b5-3+,15-6-. The zero-order valence-corrected chi connectivity index (χ0v) is 14.6. The first-order chi connectivity index (χ1) is 12.5. The highest BCUT2D eigenvalue weighted by molar-refractivity contribution is 6.42. The van der Waals surface area contributed by atoms with E-state index in [1.165, 1.54) is 24.3 Å². The predicted molar refractivity (Wildman–Crippen MR) is 99.3 cm³/mol. The Morgan fingerprint density at radius 3 is 2.62 bits per heavy atom. The maximum atomic E-state index is 11.9. The number of rotatable bonds is 4. The Hall–Kier alpha value is -2.96. The molecule has 0 saturated carbocycles. The van der Waals surface area contributed by atoms with Gasteiger partial charge >= 0.3 is 5.97 Å². The van der Waals surface area contributed by atoms with Crippen LogP contribution >= 0.6 is 23.2 Å². The Bertz CT molecular complexity index is 996. The summed E-state index contributed by atoms with van der Waals surface area (Å²) in [6.45, 7) is 0. The Balaban J connectivity index is 1.85. The summed E-state index contributed by atoms with van der Waals surface area (Å²) in [7, 11) is 0. The van der Waals surface area contributed by atoms with Crippen LogP contribution in [0.1, 0.15) is 11.1 Å². The van der Waals surface area contributed by atoms with Crippen molar-refractivity contribution < 1.29 is 14.5 Å². The maximum Gasteiger partial charge on any atom is 0.363 e. The van der Waals surface area contributed by atoms with Crippen LogP contribution in [0.5, 0.6) is 0 Å². The minimum absolute atomic E-state index is 0.0313. The SMILES string of the molecule is O=C1OC(c2ccc(Cl)c(Cl)c2)=N/C1=C\C=C\c1ccccc1[N+](=O)[O-]. The first-order valence-corrected chi connectivity index (χ1v) is 8.09. The van der Waals surface area contributed by atoms with E-state index < -0.39 is 10.9 Å². The van der Waals surface area contributed by atoms with Crippen LogP contribution in [0, 0.1) is 10.1 Å². The molecule has 130 valence electrons. The normalized spacial score (nSPS) is 15.4. The molecule has 0 N–H and O–H groups in total. The molecule has 0 radical (unpaired) electrons. The van der Waals surface area contributed by atoms with Gasteiger partial charge in [0.1, 0.15) is 0 Å². The highest BCUT2D eigenvalue weighted by Crippen LogP contribution is 2.25. The van der Waals surface area contributed by atoms with Gasteiger partial charge in [-0.3, -0.25) is 10.1 Å². The zero-order valence-electron chi connectivity index (χ0n) is 13.1. The quantitative estimate of drug-likeness (QED) is 0.326. The third-order valence-corrected chi connectivity index (χ3v) is 4.19. The van der Waals surface area contributed by atoms with Gasteiger partial charge in [-0.2, -0.15) is 0 Å². The van der Waals surface area contributed by atoms with E-state index in [-0.39, 0.29) is 17.3 Å². The van der Waals surface area contributed by atoms with Crippen molar-refractivity contribution in [3.05, 3.63) is 91.6 Å². The second kappa shape index (κ2) is 7.51. The topological polar surface area (TPSA) is 81.8 Å². The van der Waals surface area contributed by atoms with Gasteiger partial charge in [0.2, 0.25) is 5.90 Å². The first kappa shape index (κ1) is 17.8. The molecule has 1 aliphatic rings. The lowest BCUT2D eigenvalue weighted by Crippen LogP contribution is -2.05. The van der Waals surface area contributed by atoms with Gasteiger partial charge in [-0.1, -0.05) is 41.4 Å². The van der Waals surface area contributed by atoms with Crippen LogP contribution in [0.3, 0.4) is 0 Å². The van der Waals surface area contributed by atoms with Crippen molar-refractivity contribution in [3.63, 3.8) is 0 Å². The van der Waals surface area contributed by atoms with Gasteiger partial charge in [-0.25, -0.2) is 9.79 Å². The van der Waals surface area contributed by atoms with Gasteiger partial charge in [0.05, 0.1) is 20.5 Å². The molecule has 2 aromatic carbocycles. The summed E-state index contributed by atoms with van der Waals surface area (Å²) in [4.78, 5) is 26.5. The molecule has 0 saturated heterocycles. The van der Waals surface area contributed by atoms with E-state index in [0.29, 0.717) is 21.2 Å². The average molecular weight is 389 g/mol. The molecule has 0 spiro atoms. The van der Waals surface area contributed by atoms with Gasteiger partial charge in [-0.05, 0) is 36.4 Å². The van der Waals surface area contributed by atoms with Crippen LogP contribution in [0.4, 0.5) is 5.69 Å². The minimum Gasteiger partial charge on any atom is -0.402 e. The van der Waals surface area contributed by atoms with E-state index in [2.05, 4.69) is 4.99 Å². The molecular weight excluding hydrogens is 379 g/mol. The third-order valence-electron chi connectivity index (χ3n) is 3.45. The van der Waals surface area contributed by atoms with Gasteiger partial charge < -0.3 is 4.74 Å². The van der Waals surface area contributed by atoms with Crippen LogP contribution < -0.4 is 0 Å². The van der Waals surface area contributed by atoms with Crippen molar-refractivity contribution in [2.75, 3.05) is 0 Å². The van der Waals surface area contributed by atoms with E-state index in [1.807, 2.05) is 0 Å². The summed E-state index contributed by atoms with van der Waals surface area (Å²) in [6, 6.07) is 11.0. The van der Waals surface area contributed by atoms with Gasteiger partial charge in [-0.15, -0.1) is 0 Å². The van der Waals surface area contributed by atoms with Gasteiger partial charge in [0, 0.05) is 11.6 Å². The van der Waals surface area contributed by atoms with E-state index in [0.717, 1.165) is 0 Å². The molecule has 0 aliphatic carbocycles. The number of nitro groups is 1. The molecular formula is C18H10Cl2N2O4. The molecule has 0 bridgehead atoms. The Morgan fingerprint density at radius 1 is 1.12 bits per heavy atom. The lowest BCUT2D eigenvalue weighted by molar-refractivity contribution is -0.385. The van der Waals surface area contributed by atoms with Gasteiger partial charge in [0.15, 0.2) is 5.70 Å². The highest BCUT2D eigenvalue weighted by Gasteiger charge is 2.24. The number of aliphatic imine (C=N–C) groups is 1. The Kier molecular flexibility index (Phi) is 5.16. The number of hydrogen-bond donors (Lipinski definition) is 0. The number of carbonyl (C=O) groups is 1. The second-order valence-electron chi connectivity index (χ2n) is 5.16. The molecule has 0 unspecified atom stereocenters. The molecule has 2 aromatic rings. The second-order valence-corrected chi connectivity index (χ2v) is 5.98. The number of para-hydroxylation sites is 1. The maximum absolute atomic E-state index is 11.9. The summed E-state index contributed by atoms with van der Waals surface area (Å²) in [5.74, 6) is -0.516. The Labute approximate surface area is 158 Å². The van der Waals surface area contributed by atoms with Crippen molar-refractivity contribution in [1.82, 2.24) is 0 Å². The number of halogens is 2. The van der Waals surface area contributed by atoms with Gasteiger partial charge in [0.25, 0.3) is 5.69 Å². The fourth-order valence-corrected chi connectivity index (χ4v) is 2.51. The fourth-order valence-electron chi connectivity index (χ4n) is 2.21. The summed E-state index contributed by atoms with van der Waals surface area (Å²) < 4.78 is 5.12. The van der Waals surface area contributed by atoms with E-state index in [1.54, 1.807) is 36.4 Å². The van der Waals surface area contributed by atoms with Crippen LogP contribution in [0.2, 0.25) is 10.0 Å². The van der Waals surface area contributed by atoms with E-state index in [9.17, 15) is 14.9 Å². The van der Waals surface area contributed by atoms with Crippen LogP contribution in [0.25, 0.3) is 6.08 Å². The third kappa shape index (κ3) is 3.82. The fraction of sp³-hybridized carbons (Fsp3) is 0. The van der Waals surface area contributed by atoms with Crippen molar-refractivity contribution in [2.45, 2.75) is 0 Å². The lowest BCUT2D eigenvalue weighted by atomic mass is 10.1. The van der Waals surface area contributed by atoms with Crippen LogP contribution in [-0.2, 0) is 9.53 Å². The number of esters is 1. The minimum atomic E-state index is -0.627. The number of carbonyl (C=O) groups excluding carboxylic acids is 1. The van der Waals surface area contributed by atoms with Crippen molar-refractivity contribution in [2.24, 2.45) is 4.99 Å². The van der Waals surface area contributed by atoms with E-state index in [4.69, 9.17) is 27.9 Å². The molecule has 6 nitrogen and oxygen atoms in total. The smallest absolute Gasteiger partial charge is 0.363 e. The number of benzene rings is 2. The molecule has 0 atom stereocenters. The van der Waals surface area contributed by atoms with Crippen LogP contribution in [-0.4, -0.2) is 16.8 Å². The molecule has 26 heavy (non-hydrogen) atoms. The number of nitro benzene ring substituents is 1. The number of ether oxygens (including phenoxy) is 1. The molecule has 0 fully saturated rings. The number of hydrogen-bond acceptors (Lipinski definition) is 5. The number of cyclic esters (lactones) is 1. The number of allylic oxidation sites excluding steroid dienone is 2. The molecule has 1 aliphatic heterocycles.